The topological polar surface area (TPSA) is 32.8 Å². The predicted molar refractivity (Wildman–Crippen MR) is 102 cm³/mol. The highest BCUT2D eigenvalue weighted by Crippen LogP contribution is 2.29. The Hall–Kier alpha value is -2.49. The maximum atomic E-state index is 12.6. The Morgan fingerprint density at radius 1 is 0.960 bits per heavy atom. The summed E-state index contributed by atoms with van der Waals surface area (Å²) in [4.78, 5) is 16.9. The third kappa shape index (κ3) is 4.13. The zero-order valence-corrected chi connectivity index (χ0v) is 15.2. The van der Waals surface area contributed by atoms with Crippen molar-refractivity contribution in [3.63, 3.8) is 0 Å². The third-order valence-electron chi connectivity index (χ3n) is 4.43. The summed E-state index contributed by atoms with van der Waals surface area (Å²) in [5, 5.41) is 0. The summed E-state index contributed by atoms with van der Waals surface area (Å²) in [5.74, 6) is 1.03. The van der Waals surface area contributed by atoms with Crippen LogP contribution in [0.1, 0.15) is 29.8 Å². The smallest absolute Gasteiger partial charge is 0.253 e. The van der Waals surface area contributed by atoms with E-state index in [2.05, 4.69) is 11.0 Å². The first-order chi connectivity index (χ1) is 12.0. The van der Waals surface area contributed by atoms with E-state index in [1.54, 1.807) is 0 Å². The molecule has 2 aromatic carbocycles. The first-order valence-corrected chi connectivity index (χ1v) is 8.91. The van der Waals surface area contributed by atoms with Gasteiger partial charge in [-0.2, -0.15) is 0 Å². The van der Waals surface area contributed by atoms with Gasteiger partial charge in [0.25, 0.3) is 5.91 Å². The van der Waals surface area contributed by atoms with Crippen LogP contribution >= 0.6 is 0 Å². The van der Waals surface area contributed by atoms with Gasteiger partial charge in [-0.05, 0) is 45.0 Å². The fourth-order valence-electron chi connectivity index (χ4n) is 3.10. The van der Waals surface area contributed by atoms with Crippen LogP contribution in [0.4, 0.5) is 5.69 Å². The molecule has 0 aliphatic carbocycles. The Bertz CT molecular complexity index is 717. The summed E-state index contributed by atoms with van der Waals surface area (Å²) in [6.45, 7) is 9.19. The lowest BCUT2D eigenvalue weighted by Crippen LogP contribution is -2.48. The second-order valence-electron chi connectivity index (χ2n) is 6.78. The van der Waals surface area contributed by atoms with Crippen LogP contribution < -0.4 is 9.64 Å². The summed E-state index contributed by atoms with van der Waals surface area (Å²) in [6, 6.07) is 15.9. The number of anilines is 1. The van der Waals surface area contributed by atoms with E-state index < -0.39 is 0 Å². The minimum atomic E-state index is 0.117. The number of nitrogens with zero attached hydrogens (tertiary/aromatic N) is 2. The molecule has 4 nitrogen and oxygen atoms in total. The zero-order chi connectivity index (χ0) is 17.8. The fraction of sp³-hybridized carbons (Fsp3) is 0.381. The molecule has 0 aromatic heterocycles. The van der Waals surface area contributed by atoms with E-state index in [1.165, 1.54) is 5.56 Å². The monoisotopic (exact) mass is 338 g/mol. The first-order valence-electron chi connectivity index (χ1n) is 8.91. The second kappa shape index (κ2) is 7.60. The number of amides is 1. The van der Waals surface area contributed by atoms with Crippen molar-refractivity contribution in [2.45, 2.75) is 26.9 Å². The second-order valence-corrected chi connectivity index (χ2v) is 6.78. The number of benzene rings is 2. The van der Waals surface area contributed by atoms with Gasteiger partial charge in [0.15, 0.2) is 0 Å². The number of hydrogen-bond acceptors (Lipinski definition) is 3. The molecule has 1 aliphatic rings. The molecule has 2 aromatic rings. The molecule has 0 atom stereocenters. The van der Waals surface area contributed by atoms with Crippen molar-refractivity contribution in [3.05, 3.63) is 59.7 Å². The molecule has 1 fully saturated rings. The highest BCUT2D eigenvalue weighted by molar-refractivity contribution is 5.94. The molecule has 3 rings (SSSR count). The van der Waals surface area contributed by atoms with E-state index >= 15 is 0 Å². The molecule has 0 radical (unpaired) electrons. The molecule has 0 bridgehead atoms. The third-order valence-corrected chi connectivity index (χ3v) is 4.43. The molecule has 132 valence electrons. The van der Waals surface area contributed by atoms with Gasteiger partial charge in [0.05, 0.1) is 11.8 Å². The van der Waals surface area contributed by atoms with E-state index in [1.807, 2.05) is 68.1 Å². The number of hydrogen-bond donors (Lipinski definition) is 0. The Labute approximate surface area is 150 Å². The van der Waals surface area contributed by atoms with Gasteiger partial charge in [0.2, 0.25) is 0 Å². The maximum absolute atomic E-state index is 12.6. The van der Waals surface area contributed by atoms with Gasteiger partial charge < -0.3 is 14.5 Å². The van der Waals surface area contributed by atoms with Crippen LogP contribution in [0.15, 0.2) is 48.5 Å². The quantitative estimate of drug-likeness (QED) is 0.851. The highest BCUT2D eigenvalue weighted by atomic mass is 16.5. The zero-order valence-electron chi connectivity index (χ0n) is 15.2. The summed E-state index contributed by atoms with van der Waals surface area (Å²) in [5.41, 5.74) is 3.05. The van der Waals surface area contributed by atoms with Crippen LogP contribution in [0.2, 0.25) is 0 Å². The normalized spacial score (nSPS) is 14.7. The van der Waals surface area contributed by atoms with E-state index in [0.717, 1.165) is 43.2 Å². The highest BCUT2D eigenvalue weighted by Gasteiger charge is 2.23. The van der Waals surface area contributed by atoms with E-state index in [0.29, 0.717) is 0 Å². The fourth-order valence-corrected chi connectivity index (χ4v) is 3.10. The predicted octanol–water partition coefficient (Wildman–Crippen LogP) is 3.74. The molecule has 4 heteroatoms. The van der Waals surface area contributed by atoms with Crippen LogP contribution in [0.3, 0.4) is 0 Å². The molecule has 1 aliphatic heterocycles. The van der Waals surface area contributed by atoms with Crippen molar-refractivity contribution in [2.75, 3.05) is 31.1 Å². The molecule has 0 N–H and O–H groups in total. The van der Waals surface area contributed by atoms with E-state index in [4.69, 9.17) is 4.74 Å². The van der Waals surface area contributed by atoms with Crippen molar-refractivity contribution in [3.8, 4) is 5.75 Å². The molecule has 25 heavy (non-hydrogen) atoms. The molecule has 1 saturated heterocycles. The van der Waals surface area contributed by atoms with Crippen molar-refractivity contribution in [1.82, 2.24) is 4.90 Å². The summed E-state index contributed by atoms with van der Waals surface area (Å²) >= 11 is 0. The summed E-state index contributed by atoms with van der Waals surface area (Å²) < 4.78 is 5.93. The number of para-hydroxylation sites is 2. The lowest BCUT2D eigenvalue weighted by molar-refractivity contribution is 0.0746. The van der Waals surface area contributed by atoms with E-state index in [-0.39, 0.29) is 12.0 Å². The Balaban J connectivity index is 1.66. The number of aryl methyl sites for hydroxylation is 1. The minimum absolute atomic E-state index is 0.117. The standard InChI is InChI=1S/C21H26N2O2/c1-16(2)25-20-7-5-4-6-19(20)22-12-14-23(15-13-22)21(24)18-10-8-17(3)9-11-18/h4-11,16H,12-15H2,1-3H3. The van der Waals surface area contributed by atoms with Gasteiger partial charge >= 0.3 is 0 Å². The SMILES string of the molecule is Cc1ccc(C(=O)N2CCN(c3ccccc3OC(C)C)CC2)cc1. The Morgan fingerprint density at radius 3 is 2.24 bits per heavy atom. The molecule has 0 saturated carbocycles. The van der Waals surface area contributed by atoms with Gasteiger partial charge in [-0.1, -0.05) is 29.8 Å². The molecular formula is C21H26N2O2. The molecule has 0 spiro atoms. The van der Waals surface area contributed by atoms with Crippen LogP contribution in [0, 0.1) is 6.92 Å². The van der Waals surface area contributed by atoms with Gasteiger partial charge in [0, 0.05) is 31.7 Å². The molecular weight excluding hydrogens is 312 g/mol. The van der Waals surface area contributed by atoms with Crippen LogP contribution in [0.5, 0.6) is 5.75 Å². The average molecular weight is 338 g/mol. The van der Waals surface area contributed by atoms with Crippen molar-refractivity contribution in [2.24, 2.45) is 0 Å². The number of rotatable bonds is 4. The maximum Gasteiger partial charge on any atom is 0.253 e. The van der Waals surface area contributed by atoms with Gasteiger partial charge in [0.1, 0.15) is 5.75 Å². The van der Waals surface area contributed by atoms with Gasteiger partial charge in [-0.25, -0.2) is 0 Å². The van der Waals surface area contributed by atoms with Crippen molar-refractivity contribution in [1.29, 1.82) is 0 Å². The molecule has 1 amide bonds. The van der Waals surface area contributed by atoms with E-state index in [9.17, 15) is 4.79 Å². The first kappa shape index (κ1) is 17.3. The van der Waals surface area contributed by atoms with Gasteiger partial charge in [-0.3, -0.25) is 4.79 Å². The minimum Gasteiger partial charge on any atom is -0.489 e. The lowest BCUT2D eigenvalue weighted by atomic mass is 10.1. The number of carbonyl (C=O) groups is 1. The number of ether oxygens (including phenoxy) is 1. The van der Waals surface area contributed by atoms with Crippen LogP contribution in [0.25, 0.3) is 0 Å². The van der Waals surface area contributed by atoms with Crippen molar-refractivity contribution >= 4 is 11.6 Å². The number of piperazine rings is 1. The Kier molecular flexibility index (Phi) is 5.27. The molecule has 1 heterocycles. The van der Waals surface area contributed by atoms with Gasteiger partial charge in [-0.15, -0.1) is 0 Å². The lowest BCUT2D eigenvalue weighted by Gasteiger charge is -2.37. The molecule has 0 unspecified atom stereocenters. The average Bonchev–Trinajstić information content (AvgIpc) is 2.62. The number of carbonyl (C=O) groups excluding carboxylic acids is 1. The summed E-state index contributed by atoms with van der Waals surface area (Å²) in [6.07, 6.45) is 0.144. The van der Waals surface area contributed by atoms with Crippen molar-refractivity contribution < 1.29 is 9.53 Å². The van der Waals surface area contributed by atoms with Crippen LogP contribution in [-0.2, 0) is 0 Å². The van der Waals surface area contributed by atoms with Crippen LogP contribution in [-0.4, -0.2) is 43.1 Å². The summed E-state index contributed by atoms with van der Waals surface area (Å²) in [7, 11) is 0. The largest absolute Gasteiger partial charge is 0.489 e. The Morgan fingerprint density at radius 2 is 1.60 bits per heavy atom.